The Morgan fingerprint density at radius 1 is 1.50 bits per heavy atom. The Hall–Kier alpha value is -1.91. The molecule has 0 atom stereocenters. The minimum Gasteiger partial charge on any atom is -0.358 e. The summed E-state index contributed by atoms with van der Waals surface area (Å²) < 4.78 is 1.46. The number of hydrogen-bond donors (Lipinski definition) is 0. The first-order chi connectivity index (χ1) is 7.41. The molecule has 0 aromatic carbocycles. The molecular formula is C11H15N3O2. The van der Waals surface area contributed by atoms with Crippen molar-refractivity contribution in [3.8, 4) is 0 Å². The number of allylic oxidation sites excluding steroid dienone is 3. The zero-order valence-corrected chi connectivity index (χ0v) is 9.89. The van der Waals surface area contributed by atoms with E-state index < -0.39 is 4.92 Å². The average molecular weight is 221 g/mol. The van der Waals surface area contributed by atoms with Gasteiger partial charge in [-0.3, -0.25) is 0 Å². The molecule has 16 heavy (non-hydrogen) atoms. The molecule has 0 unspecified atom stereocenters. The highest BCUT2D eigenvalue weighted by Crippen LogP contribution is 2.14. The molecule has 0 saturated heterocycles. The van der Waals surface area contributed by atoms with Crippen LogP contribution >= 0.6 is 0 Å². The molecule has 1 aromatic heterocycles. The number of rotatable bonds is 3. The quantitative estimate of drug-likeness (QED) is 0.448. The SMILES string of the molecule is CC(C)=C/C(C)=C/c1ncc([N+](=O)[O-])n1C. The molecule has 0 amide bonds. The van der Waals surface area contributed by atoms with Crippen LogP contribution < -0.4 is 0 Å². The van der Waals surface area contributed by atoms with Gasteiger partial charge >= 0.3 is 5.82 Å². The Morgan fingerprint density at radius 2 is 2.12 bits per heavy atom. The van der Waals surface area contributed by atoms with E-state index in [1.54, 1.807) is 7.05 Å². The Kier molecular flexibility index (Phi) is 3.60. The smallest absolute Gasteiger partial charge is 0.342 e. The van der Waals surface area contributed by atoms with Gasteiger partial charge in [-0.2, -0.15) is 0 Å². The lowest BCUT2D eigenvalue weighted by molar-refractivity contribution is -0.391. The lowest BCUT2D eigenvalue weighted by atomic mass is 10.2. The standard InChI is InChI=1S/C11H15N3O2/c1-8(2)5-9(3)6-10-12-7-11(13(10)4)14(15)16/h5-7H,1-4H3/b9-6+. The number of nitrogens with zero attached hydrogens (tertiary/aromatic N) is 3. The van der Waals surface area contributed by atoms with Crippen molar-refractivity contribution in [3.05, 3.63) is 39.4 Å². The first-order valence-corrected chi connectivity index (χ1v) is 4.91. The van der Waals surface area contributed by atoms with Crippen molar-refractivity contribution in [1.82, 2.24) is 9.55 Å². The van der Waals surface area contributed by atoms with Gasteiger partial charge in [0.05, 0.1) is 7.05 Å². The van der Waals surface area contributed by atoms with Gasteiger partial charge in [0.15, 0.2) is 0 Å². The molecule has 0 spiro atoms. The number of hydrogen-bond acceptors (Lipinski definition) is 3. The Bertz CT molecular complexity index is 466. The second-order valence-electron chi connectivity index (χ2n) is 3.90. The molecule has 0 fully saturated rings. The van der Waals surface area contributed by atoms with Gasteiger partial charge in [0.25, 0.3) is 0 Å². The summed E-state index contributed by atoms with van der Waals surface area (Å²) in [6.07, 6.45) is 5.09. The fourth-order valence-electron chi connectivity index (χ4n) is 1.42. The fourth-order valence-corrected chi connectivity index (χ4v) is 1.42. The van der Waals surface area contributed by atoms with Crippen LogP contribution in [0.5, 0.6) is 0 Å². The van der Waals surface area contributed by atoms with E-state index in [1.807, 2.05) is 32.9 Å². The summed E-state index contributed by atoms with van der Waals surface area (Å²) in [7, 11) is 1.63. The van der Waals surface area contributed by atoms with E-state index in [4.69, 9.17) is 0 Å². The largest absolute Gasteiger partial charge is 0.358 e. The predicted molar refractivity (Wildman–Crippen MR) is 62.9 cm³/mol. The van der Waals surface area contributed by atoms with Crippen molar-refractivity contribution in [2.75, 3.05) is 0 Å². The van der Waals surface area contributed by atoms with Crippen molar-refractivity contribution in [1.29, 1.82) is 0 Å². The molecule has 0 N–H and O–H groups in total. The molecule has 5 nitrogen and oxygen atoms in total. The summed E-state index contributed by atoms with van der Waals surface area (Å²) in [5, 5.41) is 10.6. The van der Waals surface area contributed by atoms with E-state index in [0.29, 0.717) is 5.82 Å². The highest BCUT2D eigenvalue weighted by Gasteiger charge is 2.14. The van der Waals surface area contributed by atoms with E-state index in [0.717, 1.165) is 5.57 Å². The average Bonchev–Trinajstić information content (AvgIpc) is 2.46. The van der Waals surface area contributed by atoms with Gasteiger partial charge in [-0.15, -0.1) is 0 Å². The molecular weight excluding hydrogens is 206 g/mol. The maximum absolute atomic E-state index is 10.6. The van der Waals surface area contributed by atoms with Crippen LogP contribution in [0, 0.1) is 10.1 Å². The summed E-state index contributed by atoms with van der Waals surface area (Å²) in [6, 6.07) is 0. The van der Waals surface area contributed by atoms with E-state index in [1.165, 1.54) is 16.3 Å². The van der Waals surface area contributed by atoms with E-state index >= 15 is 0 Å². The maximum Gasteiger partial charge on any atom is 0.342 e. The maximum atomic E-state index is 10.6. The third-order valence-electron chi connectivity index (χ3n) is 2.06. The molecule has 0 saturated carbocycles. The lowest BCUT2D eigenvalue weighted by Gasteiger charge is -1.96. The van der Waals surface area contributed by atoms with Gasteiger partial charge in [0, 0.05) is 6.08 Å². The van der Waals surface area contributed by atoms with Crippen molar-refractivity contribution in [2.24, 2.45) is 7.05 Å². The van der Waals surface area contributed by atoms with E-state index in [-0.39, 0.29) is 5.82 Å². The minimum absolute atomic E-state index is 0.00347. The summed E-state index contributed by atoms with van der Waals surface area (Å²) >= 11 is 0. The molecule has 86 valence electrons. The van der Waals surface area contributed by atoms with Gasteiger partial charge in [-0.25, -0.2) is 9.55 Å². The van der Waals surface area contributed by atoms with Crippen LogP contribution in [0.1, 0.15) is 26.6 Å². The third-order valence-corrected chi connectivity index (χ3v) is 2.06. The summed E-state index contributed by atoms with van der Waals surface area (Å²) in [6.45, 7) is 5.93. The Balaban J connectivity index is 3.08. The van der Waals surface area contributed by atoms with Crippen LogP contribution in [0.25, 0.3) is 6.08 Å². The highest BCUT2D eigenvalue weighted by atomic mass is 16.6. The van der Waals surface area contributed by atoms with Crippen LogP contribution in [0.2, 0.25) is 0 Å². The zero-order valence-electron chi connectivity index (χ0n) is 9.89. The molecule has 0 aliphatic rings. The Labute approximate surface area is 94.3 Å². The van der Waals surface area contributed by atoms with Crippen molar-refractivity contribution in [3.63, 3.8) is 0 Å². The minimum atomic E-state index is -0.444. The first kappa shape index (κ1) is 12.2. The second kappa shape index (κ2) is 4.74. The molecule has 0 bridgehead atoms. The van der Waals surface area contributed by atoms with Crippen molar-refractivity contribution >= 4 is 11.9 Å². The van der Waals surface area contributed by atoms with E-state index in [2.05, 4.69) is 4.98 Å². The van der Waals surface area contributed by atoms with Crippen LogP contribution in [0.3, 0.4) is 0 Å². The molecule has 1 heterocycles. The molecule has 5 heteroatoms. The Morgan fingerprint density at radius 3 is 2.56 bits per heavy atom. The second-order valence-corrected chi connectivity index (χ2v) is 3.90. The predicted octanol–water partition coefficient (Wildman–Crippen LogP) is 2.70. The molecule has 1 rings (SSSR count). The van der Waals surface area contributed by atoms with E-state index in [9.17, 15) is 10.1 Å². The normalized spacial score (nSPS) is 11.4. The van der Waals surface area contributed by atoms with Crippen LogP contribution in [-0.4, -0.2) is 14.5 Å². The van der Waals surface area contributed by atoms with Crippen LogP contribution in [0.15, 0.2) is 23.4 Å². The number of nitro groups is 1. The summed E-state index contributed by atoms with van der Waals surface area (Å²) in [4.78, 5) is 14.2. The number of imidazole rings is 1. The lowest BCUT2D eigenvalue weighted by Crippen LogP contribution is -1.98. The molecule has 0 radical (unpaired) electrons. The molecule has 0 aliphatic heterocycles. The van der Waals surface area contributed by atoms with Gasteiger partial charge in [-0.05, 0) is 31.3 Å². The summed E-state index contributed by atoms with van der Waals surface area (Å²) in [5.41, 5.74) is 2.20. The third kappa shape index (κ3) is 2.79. The first-order valence-electron chi connectivity index (χ1n) is 4.91. The fraction of sp³-hybridized carbons (Fsp3) is 0.364. The van der Waals surface area contributed by atoms with Crippen LogP contribution in [0.4, 0.5) is 5.82 Å². The monoisotopic (exact) mass is 221 g/mol. The number of aromatic nitrogens is 2. The van der Waals surface area contributed by atoms with Gasteiger partial charge in [-0.1, -0.05) is 11.6 Å². The zero-order chi connectivity index (χ0) is 12.3. The van der Waals surface area contributed by atoms with Crippen molar-refractivity contribution < 1.29 is 4.92 Å². The van der Waals surface area contributed by atoms with Crippen LogP contribution in [-0.2, 0) is 7.05 Å². The topological polar surface area (TPSA) is 61.0 Å². The van der Waals surface area contributed by atoms with Gasteiger partial charge in [0.2, 0.25) is 5.82 Å². The molecule has 0 aliphatic carbocycles. The van der Waals surface area contributed by atoms with Gasteiger partial charge in [0.1, 0.15) is 6.20 Å². The van der Waals surface area contributed by atoms with Gasteiger partial charge < -0.3 is 10.1 Å². The highest BCUT2D eigenvalue weighted by molar-refractivity contribution is 5.51. The van der Waals surface area contributed by atoms with Crippen molar-refractivity contribution in [2.45, 2.75) is 20.8 Å². The molecule has 1 aromatic rings. The summed E-state index contributed by atoms with van der Waals surface area (Å²) in [5.74, 6) is 0.581.